The SMILES string of the molecule is CC(C)(C)OC(=O)N1CCC(=C2C[C@@H](Cc3ccc(-c4cc(Cl)ccc4F)cc3)N(C(=O)OC(C)(C)C)C2=O)CC1. The quantitative estimate of drug-likeness (QED) is 0.348. The van der Waals surface area contributed by atoms with Gasteiger partial charge < -0.3 is 14.4 Å². The second kappa shape index (κ2) is 11.8. The predicted molar refractivity (Wildman–Crippen MR) is 156 cm³/mol. The first-order valence-electron chi connectivity index (χ1n) is 13.9. The Morgan fingerprint density at radius 1 is 0.927 bits per heavy atom. The van der Waals surface area contributed by atoms with Gasteiger partial charge in [0.1, 0.15) is 17.0 Å². The van der Waals surface area contributed by atoms with Gasteiger partial charge in [0.2, 0.25) is 0 Å². The third-order valence-corrected chi connectivity index (χ3v) is 7.22. The molecule has 0 bridgehead atoms. The van der Waals surface area contributed by atoms with Crippen molar-refractivity contribution in [2.75, 3.05) is 13.1 Å². The van der Waals surface area contributed by atoms with Gasteiger partial charge in [-0.1, -0.05) is 41.4 Å². The Labute approximate surface area is 246 Å². The molecule has 2 aliphatic heterocycles. The lowest BCUT2D eigenvalue weighted by Gasteiger charge is -2.31. The van der Waals surface area contributed by atoms with Gasteiger partial charge >= 0.3 is 12.2 Å². The van der Waals surface area contributed by atoms with E-state index in [2.05, 4.69) is 0 Å². The fraction of sp³-hybridized carbons (Fsp3) is 0.469. The zero-order chi connectivity index (χ0) is 30.1. The molecular formula is C32H38ClFN2O5. The van der Waals surface area contributed by atoms with Crippen LogP contribution in [-0.4, -0.2) is 58.2 Å². The van der Waals surface area contributed by atoms with E-state index in [-0.39, 0.29) is 17.8 Å². The Balaban J connectivity index is 1.54. The maximum atomic E-state index is 14.4. The molecule has 2 fully saturated rings. The fourth-order valence-electron chi connectivity index (χ4n) is 5.13. The molecule has 7 nitrogen and oxygen atoms in total. The molecule has 3 amide bonds. The molecule has 1 atom stereocenters. The van der Waals surface area contributed by atoms with Gasteiger partial charge in [-0.15, -0.1) is 0 Å². The van der Waals surface area contributed by atoms with Gasteiger partial charge in [0.15, 0.2) is 0 Å². The van der Waals surface area contributed by atoms with Crippen LogP contribution in [0.15, 0.2) is 53.6 Å². The number of carbonyl (C=O) groups excluding carboxylic acids is 3. The topological polar surface area (TPSA) is 76.2 Å². The summed E-state index contributed by atoms with van der Waals surface area (Å²) in [5, 5.41) is 0.445. The molecule has 4 rings (SSSR count). The number of piperidine rings is 1. The third-order valence-electron chi connectivity index (χ3n) is 6.98. The second-order valence-electron chi connectivity index (χ2n) is 12.6. The van der Waals surface area contributed by atoms with Crippen molar-refractivity contribution in [2.24, 2.45) is 0 Å². The van der Waals surface area contributed by atoms with Crippen molar-refractivity contribution < 1.29 is 28.2 Å². The van der Waals surface area contributed by atoms with Gasteiger partial charge in [0.05, 0.1) is 6.04 Å². The van der Waals surface area contributed by atoms with Gasteiger partial charge in [-0.25, -0.2) is 18.9 Å². The highest BCUT2D eigenvalue weighted by atomic mass is 35.5. The number of benzene rings is 2. The van der Waals surface area contributed by atoms with Crippen LogP contribution in [0.5, 0.6) is 0 Å². The van der Waals surface area contributed by atoms with Crippen molar-refractivity contribution in [1.29, 1.82) is 0 Å². The maximum Gasteiger partial charge on any atom is 0.417 e. The lowest BCUT2D eigenvalue weighted by Crippen LogP contribution is -2.43. The van der Waals surface area contributed by atoms with Crippen LogP contribution in [-0.2, 0) is 20.7 Å². The second-order valence-corrected chi connectivity index (χ2v) is 13.0. The molecule has 0 unspecified atom stereocenters. The number of hydrogen-bond acceptors (Lipinski definition) is 5. The van der Waals surface area contributed by atoms with Gasteiger partial charge in [0, 0.05) is 29.2 Å². The molecular weight excluding hydrogens is 547 g/mol. The van der Waals surface area contributed by atoms with Gasteiger partial charge in [-0.2, -0.15) is 0 Å². The first-order valence-corrected chi connectivity index (χ1v) is 14.3. The van der Waals surface area contributed by atoms with Gasteiger partial charge in [0.25, 0.3) is 5.91 Å². The van der Waals surface area contributed by atoms with Crippen molar-refractivity contribution in [2.45, 2.75) is 84.5 Å². The first-order chi connectivity index (χ1) is 19.1. The first kappa shape index (κ1) is 30.6. The van der Waals surface area contributed by atoms with E-state index in [1.54, 1.807) is 31.7 Å². The van der Waals surface area contributed by atoms with Gasteiger partial charge in [-0.05, 0) is 96.6 Å². The molecule has 41 heavy (non-hydrogen) atoms. The number of halogens is 2. The van der Waals surface area contributed by atoms with Crippen LogP contribution >= 0.6 is 11.6 Å². The predicted octanol–water partition coefficient (Wildman–Crippen LogP) is 7.55. The highest BCUT2D eigenvalue weighted by Crippen LogP contribution is 2.35. The Kier molecular flexibility index (Phi) is 8.83. The van der Waals surface area contributed by atoms with E-state index in [0.29, 0.717) is 60.5 Å². The number of nitrogens with zero attached hydrogens (tertiary/aromatic N) is 2. The smallest absolute Gasteiger partial charge is 0.417 e. The molecule has 0 N–H and O–H groups in total. The number of rotatable bonds is 3. The molecule has 2 heterocycles. The van der Waals surface area contributed by atoms with Crippen LogP contribution < -0.4 is 0 Å². The average molecular weight is 585 g/mol. The lowest BCUT2D eigenvalue weighted by molar-refractivity contribution is -0.125. The summed E-state index contributed by atoms with van der Waals surface area (Å²) in [5.41, 5.74) is 2.20. The van der Waals surface area contributed by atoms with Crippen molar-refractivity contribution in [3.8, 4) is 11.1 Å². The van der Waals surface area contributed by atoms with Crippen LogP contribution in [0, 0.1) is 5.82 Å². The molecule has 9 heteroatoms. The van der Waals surface area contributed by atoms with Crippen LogP contribution in [0.3, 0.4) is 0 Å². The number of imide groups is 1. The van der Waals surface area contributed by atoms with Crippen LogP contribution in [0.2, 0.25) is 5.02 Å². The minimum atomic E-state index is -0.765. The molecule has 2 aromatic rings. The Morgan fingerprint density at radius 2 is 1.51 bits per heavy atom. The van der Waals surface area contributed by atoms with Crippen molar-refractivity contribution >= 4 is 29.7 Å². The maximum absolute atomic E-state index is 14.4. The summed E-state index contributed by atoms with van der Waals surface area (Å²) in [6.45, 7) is 11.7. The summed E-state index contributed by atoms with van der Waals surface area (Å²) in [6, 6.07) is 11.4. The highest BCUT2D eigenvalue weighted by Gasteiger charge is 2.43. The lowest BCUT2D eigenvalue weighted by atomic mass is 9.94. The summed E-state index contributed by atoms with van der Waals surface area (Å²) in [5.74, 6) is -0.712. The molecule has 2 saturated heterocycles. The van der Waals surface area contributed by atoms with E-state index >= 15 is 0 Å². The Bertz CT molecular complexity index is 1350. The minimum absolute atomic E-state index is 0.345. The molecule has 2 aromatic carbocycles. The normalized spacial score (nSPS) is 18.1. The van der Waals surface area contributed by atoms with E-state index in [1.165, 1.54) is 17.0 Å². The van der Waals surface area contributed by atoms with Crippen molar-refractivity contribution in [3.63, 3.8) is 0 Å². The molecule has 0 saturated carbocycles. The molecule has 2 aliphatic rings. The molecule has 0 aliphatic carbocycles. The zero-order valence-corrected chi connectivity index (χ0v) is 25.3. The van der Waals surface area contributed by atoms with E-state index in [4.69, 9.17) is 21.1 Å². The number of likely N-dealkylation sites (tertiary alicyclic amines) is 2. The van der Waals surface area contributed by atoms with E-state index in [0.717, 1.165) is 11.1 Å². The third kappa shape index (κ3) is 7.67. The molecule has 0 aromatic heterocycles. The summed E-state index contributed by atoms with van der Waals surface area (Å²) in [4.78, 5) is 42.3. The monoisotopic (exact) mass is 584 g/mol. The standard InChI is InChI=1S/C32H38ClFN2O5/c1-31(2,3)40-29(38)35-15-13-22(14-16-35)26-19-24(36(28(26)37)30(39)41-32(4,5)6)17-20-7-9-21(10-8-20)25-18-23(33)11-12-27(25)34/h7-12,18,24H,13-17,19H2,1-6H3/t24-/m1/s1. The number of hydrogen-bond donors (Lipinski definition) is 0. The van der Waals surface area contributed by atoms with Crippen molar-refractivity contribution in [1.82, 2.24) is 9.80 Å². The average Bonchev–Trinajstić information content (AvgIpc) is 3.19. The number of ether oxygens (including phenoxy) is 2. The highest BCUT2D eigenvalue weighted by molar-refractivity contribution is 6.30. The Morgan fingerprint density at radius 3 is 2.10 bits per heavy atom. The van der Waals surface area contributed by atoms with Crippen molar-refractivity contribution in [3.05, 3.63) is 70.0 Å². The molecule has 220 valence electrons. The molecule has 0 radical (unpaired) electrons. The number of carbonyl (C=O) groups is 3. The Hall–Kier alpha value is -3.39. The summed E-state index contributed by atoms with van der Waals surface area (Å²) < 4.78 is 25.5. The van der Waals surface area contributed by atoms with Crippen LogP contribution in [0.1, 0.15) is 66.4 Å². The van der Waals surface area contributed by atoms with E-state index in [1.807, 2.05) is 45.0 Å². The summed E-state index contributed by atoms with van der Waals surface area (Å²) in [7, 11) is 0. The number of amides is 3. The summed E-state index contributed by atoms with van der Waals surface area (Å²) in [6.07, 6.45) is 0.847. The van der Waals surface area contributed by atoms with Crippen LogP contribution in [0.25, 0.3) is 11.1 Å². The summed E-state index contributed by atoms with van der Waals surface area (Å²) >= 11 is 6.07. The zero-order valence-electron chi connectivity index (χ0n) is 24.6. The largest absolute Gasteiger partial charge is 0.444 e. The van der Waals surface area contributed by atoms with E-state index in [9.17, 15) is 18.8 Å². The molecule has 0 spiro atoms. The minimum Gasteiger partial charge on any atom is -0.444 e. The van der Waals surface area contributed by atoms with Gasteiger partial charge in [-0.3, -0.25) is 4.79 Å². The fourth-order valence-corrected chi connectivity index (χ4v) is 5.30. The van der Waals surface area contributed by atoms with E-state index < -0.39 is 23.3 Å². The van der Waals surface area contributed by atoms with Crippen LogP contribution in [0.4, 0.5) is 14.0 Å².